The number of nitrogens with two attached hydrogens (primary N) is 1. The third-order valence-electron chi connectivity index (χ3n) is 4.08. The third-order valence-corrected chi connectivity index (χ3v) is 4.90. The molecule has 6 heteroatoms. The molecule has 1 aromatic rings. The Morgan fingerprint density at radius 3 is 2.62 bits per heavy atom. The van der Waals surface area contributed by atoms with Crippen molar-refractivity contribution in [1.29, 1.82) is 0 Å². The fraction of sp³-hybridized carbons (Fsp3) is 0.533. The molecular formula is C15H21Cl2N3O. The fourth-order valence-corrected chi connectivity index (χ4v) is 3.22. The van der Waals surface area contributed by atoms with E-state index < -0.39 is 0 Å². The number of nitrogens with zero attached hydrogens (tertiary/aromatic N) is 2. The van der Waals surface area contributed by atoms with E-state index in [1.165, 1.54) is 0 Å². The maximum Gasteiger partial charge on any atom is 0.254 e. The van der Waals surface area contributed by atoms with Crippen LogP contribution in [0, 0.1) is 0 Å². The van der Waals surface area contributed by atoms with E-state index in [-0.39, 0.29) is 5.91 Å². The number of amides is 1. The van der Waals surface area contributed by atoms with Gasteiger partial charge in [0.25, 0.3) is 5.91 Å². The van der Waals surface area contributed by atoms with Crippen LogP contribution in [0.15, 0.2) is 12.1 Å². The molecule has 0 aliphatic carbocycles. The fourth-order valence-electron chi connectivity index (χ4n) is 2.88. The minimum atomic E-state index is -0.0325. The number of nitrogen functional groups attached to an aromatic ring is 1. The summed E-state index contributed by atoms with van der Waals surface area (Å²) in [5.41, 5.74) is 6.62. The second-order valence-corrected chi connectivity index (χ2v) is 6.06. The van der Waals surface area contributed by atoms with Crippen LogP contribution in [0.2, 0.25) is 10.0 Å². The van der Waals surface area contributed by atoms with Gasteiger partial charge < -0.3 is 10.6 Å². The minimum absolute atomic E-state index is 0.0325. The number of hydrogen-bond donors (Lipinski definition) is 1. The lowest BCUT2D eigenvalue weighted by Gasteiger charge is -2.26. The maximum atomic E-state index is 12.6. The van der Waals surface area contributed by atoms with Gasteiger partial charge in [0.15, 0.2) is 0 Å². The summed E-state index contributed by atoms with van der Waals surface area (Å²) in [7, 11) is 0. The molecule has 0 aromatic heterocycles. The molecule has 1 fully saturated rings. The summed E-state index contributed by atoms with van der Waals surface area (Å²) < 4.78 is 0. The number of rotatable bonds is 4. The minimum Gasteiger partial charge on any atom is -0.397 e. The molecule has 0 bridgehead atoms. The van der Waals surface area contributed by atoms with E-state index in [0.29, 0.717) is 27.3 Å². The Labute approximate surface area is 135 Å². The SMILES string of the molecule is CCN(CC)C1CCN(C(=O)c2cc(N)c(Cl)c(Cl)c2)C1. The van der Waals surface area contributed by atoms with E-state index in [2.05, 4.69) is 18.7 Å². The van der Waals surface area contributed by atoms with Crippen LogP contribution in [0.25, 0.3) is 0 Å². The Balaban J connectivity index is 2.12. The molecule has 0 radical (unpaired) electrons. The van der Waals surface area contributed by atoms with Crippen molar-refractivity contribution in [2.24, 2.45) is 0 Å². The molecule has 21 heavy (non-hydrogen) atoms. The zero-order valence-electron chi connectivity index (χ0n) is 12.4. The lowest BCUT2D eigenvalue weighted by Crippen LogP contribution is -2.38. The highest BCUT2D eigenvalue weighted by Crippen LogP contribution is 2.30. The van der Waals surface area contributed by atoms with Crippen molar-refractivity contribution in [1.82, 2.24) is 9.80 Å². The second-order valence-electron chi connectivity index (χ2n) is 5.28. The number of likely N-dealkylation sites (N-methyl/N-ethyl adjacent to an activating group) is 1. The van der Waals surface area contributed by atoms with Crippen molar-refractivity contribution < 1.29 is 4.79 Å². The number of likely N-dealkylation sites (tertiary alicyclic amines) is 1. The highest BCUT2D eigenvalue weighted by Gasteiger charge is 2.30. The Hall–Kier alpha value is -0.970. The Morgan fingerprint density at radius 2 is 2.05 bits per heavy atom. The molecule has 1 heterocycles. The second kappa shape index (κ2) is 6.86. The van der Waals surface area contributed by atoms with Crippen LogP contribution in [0.4, 0.5) is 5.69 Å². The van der Waals surface area contributed by atoms with E-state index in [9.17, 15) is 4.79 Å². The number of carbonyl (C=O) groups excluding carboxylic acids is 1. The quantitative estimate of drug-likeness (QED) is 0.863. The number of benzene rings is 1. The van der Waals surface area contributed by atoms with Gasteiger partial charge in [-0.1, -0.05) is 37.0 Å². The van der Waals surface area contributed by atoms with Gasteiger partial charge >= 0.3 is 0 Å². The van der Waals surface area contributed by atoms with E-state index in [4.69, 9.17) is 28.9 Å². The normalized spacial score (nSPS) is 18.5. The van der Waals surface area contributed by atoms with Gasteiger partial charge in [0.2, 0.25) is 0 Å². The Kier molecular flexibility index (Phi) is 5.36. The van der Waals surface area contributed by atoms with Crippen molar-refractivity contribution in [2.45, 2.75) is 26.3 Å². The highest BCUT2D eigenvalue weighted by molar-refractivity contribution is 6.43. The zero-order valence-corrected chi connectivity index (χ0v) is 13.9. The Bertz CT molecular complexity index is 509. The summed E-state index contributed by atoms with van der Waals surface area (Å²) in [6, 6.07) is 3.62. The van der Waals surface area contributed by atoms with Crippen LogP contribution in [-0.4, -0.2) is 47.9 Å². The van der Waals surface area contributed by atoms with Crippen molar-refractivity contribution in [3.63, 3.8) is 0 Å². The lowest BCUT2D eigenvalue weighted by molar-refractivity contribution is 0.0778. The van der Waals surface area contributed by atoms with E-state index >= 15 is 0 Å². The molecule has 116 valence electrons. The first-order valence-electron chi connectivity index (χ1n) is 7.25. The summed E-state index contributed by atoms with van der Waals surface area (Å²) in [5, 5.41) is 0.621. The maximum absolute atomic E-state index is 12.6. The summed E-state index contributed by atoms with van der Waals surface area (Å²) in [6.45, 7) is 7.81. The molecule has 1 aliphatic rings. The molecular weight excluding hydrogens is 309 g/mol. The molecule has 4 nitrogen and oxygen atoms in total. The number of anilines is 1. The molecule has 2 rings (SSSR count). The van der Waals surface area contributed by atoms with Crippen LogP contribution < -0.4 is 5.73 Å². The van der Waals surface area contributed by atoms with Gasteiger partial charge in [0.1, 0.15) is 0 Å². The van der Waals surface area contributed by atoms with Gasteiger partial charge in [-0.25, -0.2) is 0 Å². The van der Waals surface area contributed by atoms with Crippen molar-refractivity contribution in [3.8, 4) is 0 Å². The smallest absolute Gasteiger partial charge is 0.254 e. The van der Waals surface area contributed by atoms with Crippen LogP contribution in [0.3, 0.4) is 0 Å². The molecule has 0 spiro atoms. The lowest BCUT2D eigenvalue weighted by atomic mass is 10.1. The summed E-state index contributed by atoms with van der Waals surface area (Å²) in [6.07, 6.45) is 1.00. The van der Waals surface area contributed by atoms with E-state index in [1.54, 1.807) is 12.1 Å². The van der Waals surface area contributed by atoms with Crippen LogP contribution in [0.5, 0.6) is 0 Å². The molecule has 1 atom stereocenters. The summed E-state index contributed by atoms with van der Waals surface area (Å²) in [5.74, 6) is -0.0325. The van der Waals surface area contributed by atoms with Gasteiger partial charge in [-0.3, -0.25) is 9.69 Å². The molecule has 1 amide bonds. The largest absolute Gasteiger partial charge is 0.397 e. The molecule has 0 saturated carbocycles. The third kappa shape index (κ3) is 3.44. The average molecular weight is 330 g/mol. The highest BCUT2D eigenvalue weighted by atomic mass is 35.5. The predicted octanol–water partition coefficient (Wildman–Crippen LogP) is 3.13. The number of hydrogen-bond acceptors (Lipinski definition) is 3. The van der Waals surface area contributed by atoms with Crippen molar-refractivity contribution in [3.05, 3.63) is 27.7 Å². The van der Waals surface area contributed by atoms with E-state index in [1.807, 2.05) is 4.90 Å². The molecule has 1 unspecified atom stereocenters. The van der Waals surface area contributed by atoms with Gasteiger partial charge in [-0.2, -0.15) is 0 Å². The first kappa shape index (κ1) is 16.4. The monoisotopic (exact) mass is 329 g/mol. The van der Waals surface area contributed by atoms with Crippen LogP contribution in [-0.2, 0) is 0 Å². The Morgan fingerprint density at radius 1 is 1.38 bits per heavy atom. The van der Waals surface area contributed by atoms with E-state index in [0.717, 1.165) is 32.6 Å². The number of halogens is 2. The first-order chi connectivity index (χ1) is 9.97. The predicted molar refractivity (Wildman–Crippen MR) is 88.1 cm³/mol. The molecule has 1 aromatic carbocycles. The molecule has 2 N–H and O–H groups in total. The topological polar surface area (TPSA) is 49.6 Å². The number of carbonyl (C=O) groups is 1. The van der Waals surface area contributed by atoms with Gasteiger partial charge in [-0.15, -0.1) is 0 Å². The van der Waals surface area contributed by atoms with Gasteiger partial charge in [-0.05, 0) is 31.6 Å². The average Bonchev–Trinajstić information content (AvgIpc) is 2.94. The van der Waals surface area contributed by atoms with Crippen molar-refractivity contribution in [2.75, 3.05) is 31.9 Å². The molecule has 1 saturated heterocycles. The van der Waals surface area contributed by atoms with Crippen molar-refractivity contribution >= 4 is 34.8 Å². The van der Waals surface area contributed by atoms with Crippen LogP contribution >= 0.6 is 23.2 Å². The first-order valence-corrected chi connectivity index (χ1v) is 8.01. The summed E-state index contributed by atoms with van der Waals surface area (Å²) >= 11 is 11.9. The zero-order chi connectivity index (χ0) is 15.6. The summed E-state index contributed by atoms with van der Waals surface area (Å²) in [4.78, 5) is 16.8. The van der Waals surface area contributed by atoms with Gasteiger partial charge in [0.05, 0.1) is 15.7 Å². The van der Waals surface area contributed by atoms with Gasteiger partial charge in [0, 0.05) is 24.7 Å². The standard InChI is InChI=1S/C15H21Cl2N3O/c1-3-19(4-2)11-5-6-20(9-11)15(21)10-7-12(16)14(17)13(18)8-10/h7-8,11H,3-6,9,18H2,1-2H3. The van der Waals surface area contributed by atoms with Crippen LogP contribution in [0.1, 0.15) is 30.6 Å². The molecule has 1 aliphatic heterocycles.